The van der Waals surface area contributed by atoms with E-state index in [9.17, 15) is 9.59 Å². The molecular formula is C22H21Cl2N3O5. The number of nitrogens with zero attached hydrogens (tertiary/aromatic N) is 1. The van der Waals surface area contributed by atoms with E-state index in [4.69, 9.17) is 37.1 Å². The van der Waals surface area contributed by atoms with Crippen molar-refractivity contribution >= 4 is 35.0 Å². The van der Waals surface area contributed by atoms with Crippen LogP contribution in [0.25, 0.3) is 11.3 Å². The molecule has 3 rings (SSSR count). The number of hydrogen-bond donors (Lipinski definition) is 2. The summed E-state index contributed by atoms with van der Waals surface area (Å²) in [5.74, 6) is 0.895. The predicted molar refractivity (Wildman–Crippen MR) is 120 cm³/mol. The largest absolute Gasteiger partial charge is 0.493 e. The molecule has 0 saturated heterocycles. The molecule has 0 bridgehead atoms. The molecule has 3 aromatic rings. The summed E-state index contributed by atoms with van der Waals surface area (Å²) in [6.45, 7) is 2.32. The number of benzene rings is 2. The van der Waals surface area contributed by atoms with Crippen LogP contribution in [0, 0.1) is 0 Å². The number of oxazole rings is 1. The zero-order valence-corrected chi connectivity index (χ0v) is 18.9. The quantitative estimate of drug-likeness (QED) is 0.464. The van der Waals surface area contributed by atoms with E-state index in [0.29, 0.717) is 50.9 Å². The number of carbonyl (C=O) groups excluding carboxylic acids is 2. The molecule has 0 saturated carbocycles. The first kappa shape index (κ1) is 23.4. The zero-order chi connectivity index (χ0) is 23.1. The predicted octanol–water partition coefficient (Wildman–Crippen LogP) is 4.45. The summed E-state index contributed by atoms with van der Waals surface area (Å²) in [7, 11) is 1.48. The standard InChI is InChI=1S/C22H21Cl2N3O5/c1-3-31-17-7-4-13(10-18(17)30-2)22(29)27-26-20(28)8-9-21-25-12-19(32-21)15-6-5-14(23)11-16(15)24/h4-7,10-12H,3,8-9H2,1-2H3,(H,26,28)(H,27,29). The summed E-state index contributed by atoms with van der Waals surface area (Å²) in [6.07, 6.45) is 1.83. The van der Waals surface area contributed by atoms with Gasteiger partial charge in [-0.2, -0.15) is 0 Å². The summed E-state index contributed by atoms with van der Waals surface area (Å²) < 4.78 is 16.3. The van der Waals surface area contributed by atoms with E-state index in [1.807, 2.05) is 6.92 Å². The van der Waals surface area contributed by atoms with Gasteiger partial charge in [0.2, 0.25) is 5.91 Å². The van der Waals surface area contributed by atoms with Crippen molar-refractivity contribution in [2.75, 3.05) is 13.7 Å². The van der Waals surface area contributed by atoms with Crippen LogP contribution in [0.15, 0.2) is 47.0 Å². The Morgan fingerprint density at radius 1 is 1.09 bits per heavy atom. The van der Waals surface area contributed by atoms with E-state index in [-0.39, 0.29) is 12.8 Å². The Labute approximate surface area is 194 Å². The molecule has 10 heteroatoms. The van der Waals surface area contributed by atoms with Crippen molar-refractivity contribution in [2.45, 2.75) is 19.8 Å². The Kier molecular flexibility index (Phi) is 7.97. The molecule has 0 radical (unpaired) electrons. The van der Waals surface area contributed by atoms with Gasteiger partial charge in [-0.15, -0.1) is 0 Å². The van der Waals surface area contributed by atoms with Gasteiger partial charge in [0.25, 0.3) is 5.91 Å². The second-order valence-electron chi connectivity index (χ2n) is 6.54. The van der Waals surface area contributed by atoms with E-state index < -0.39 is 11.8 Å². The number of hydrazine groups is 1. The molecule has 0 aliphatic heterocycles. The number of amides is 2. The maximum Gasteiger partial charge on any atom is 0.269 e. The van der Waals surface area contributed by atoms with Crippen LogP contribution in [0.3, 0.4) is 0 Å². The van der Waals surface area contributed by atoms with Crippen LogP contribution >= 0.6 is 23.2 Å². The van der Waals surface area contributed by atoms with Crippen molar-refractivity contribution in [3.05, 3.63) is 64.1 Å². The third kappa shape index (κ3) is 5.93. The normalized spacial score (nSPS) is 10.5. The molecule has 0 spiro atoms. The van der Waals surface area contributed by atoms with Gasteiger partial charge < -0.3 is 13.9 Å². The highest BCUT2D eigenvalue weighted by Gasteiger charge is 2.14. The van der Waals surface area contributed by atoms with E-state index in [0.717, 1.165) is 0 Å². The number of hydrogen-bond acceptors (Lipinski definition) is 6. The van der Waals surface area contributed by atoms with E-state index in [2.05, 4.69) is 15.8 Å². The number of methoxy groups -OCH3 is 1. The second-order valence-corrected chi connectivity index (χ2v) is 7.39. The highest BCUT2D eigenvalue weighted by Crippen LogP contribution is 2.31. The average molecular weight is 478 g/mol. The highest BCUT2D eigenvalue weighted by atomic mass is 35.5. The fourth-order valence-electron chi connectivity index (χ4n) is 2.80. The summed E-state index contributed by atoms with van der Waals surface area (Å²) in [4.78, 5) is 28.6. The molecule has 0 unspecified atom stereocenters. The SMILES string of the molecule is CCOc1ccc(C(=O)NNC(=O)CCc2ncc(-c3ccc(Cl)cc3Cl)o2)cc1OC. The molecule has 2 amide bonds. The van der Waals surface area contributed by atoms with Crippen LogP contribution in [0.5, 0.6) is 11.5 Å². The van der Waals surface area contributed by atoms with Crippen molar-refractivity contribution in [3.63, 3.8) is 0 Å². The minimum absolute atomic E-state index is 0.0567. The topological polar surface area (TPSA) is 103 Å². The number of halogens is 2. The van der Waals surface area contributed by atoms with Crippen LogP contribution in [0.1, 0.15) is 29.6 Å². The van der Waals surface area contributed by atoms with Gasteiger partial charge in [-0.05, 0) is 43.3 Å². The highest BCUT2D eigenvalue weighted by molar-refractivity contribution is 6.36. The lowest BCUT2D eigenvalue weighted by Crippen LogP contribution is -2.41. The van der Waals surface area contributed by atoms with Crippen LogP contribution in [-0.2, 0) is 11.2 Å². The maximum atomic E-state index is 12.3. The molecular weight excluding hydrogens is 457 g/mol. The third-order valence-electron chi connectivity index (χ3n) is 4.36. The summed E-state index contributed by atoms with van der Waals surface area (Å²) in [5, 5.41) is 0.951. The van der Waals surface area contributed by atoms with E-state index in [1.165, 1.54) is 19.4 Å². The van der Waals surface area contributed by atoms with Gasteiger partial charge >= 0.3 is 0 Å². The van der Waals surface area contributed by atoms with E-state index in [1.54, 1.807) is 30.3 Å². The molecule has 8 nitrogen and oxygen atoms in total. The van der Waals surface area contributed by atoms with Crippen molar-refractivity contribution in [3.8, 4) is 22.8 Å². The summed E-state index contributed by atoms with van der Waals surface area (Å²) in [6, 6.07) is 9.77. The first-order valence-electron chi connectivity index (χ1n) is 9.71. The molecule has 0 atom stereocenters. The number of aryl methyl sites for hydroxylation is 1. The van der Waals surface area contributed by atoms with Crippen LogP contribution in [0.4, 0.5) is 0 Å². The van der Waals surface area contributed by atoms with Crippen molar-refractivity contribution < 1.29 is 23.5 Å². The zero-order valence-electron chi connectivity index (χ0n) is 17.4. The number of rotatable bonds is 8. The molecule has 2 N–H and O–H groups in total. The Morgan fingerprint density at radius 3 is 2.62 bits per heavy atom. The number of ether oxygens (including phenoxy) is 2. The average Bonchev–Trinajstić information content (AvgIpc) is 3.25. The molecule has 0 aliphatic carbocycles. The van der Waals surface area contributed by atoms with Crippen molar-refractivity contribution in [1.82, 2.24) is 15.8 Å². The molecule has 0 aliphatic rings. The van der Waals surface area contributed by atoms with Gasteiger partial charge in [0, 0.05) is 29.0 Å². The van der Waals surface area contributed by atoms with Crippen LogP contribution < -0.4 is 20.3 Å². The first-order chi connectivity index (χ1) is 15.4. The summed E-state index contributed by atoms with van der Waals surface area (Å²) >= 11 is 12.1. The van der Waals surface area contributed by atoms with Gasteiger partial charge in [-0.25, -0.2) is 4.98 Å². The molecule has 168 valence electrons. The fraction of sp³-hybridized carbons (Fsp3) is 0.227. The number of aromatic nitrogens is 1. The molecule has 1 aromatic heterocycles. The van der Waals surface area contributed by atoms with Crippen LogP contribution in [0.2, 0.25) is 10.0 Å². The Bertz CT molecular complexity index is 1120. The third-order valence-corrected chi connectivity index (χ3v) is 4.90. The number of nitrogens with one attached hydrogen (secondary N) is 2. The van der Waals surface area contributed by atoms with Gasteiger partial charge in [0.1, 0.15) is 0 Å². The monoisotopic (exact) mass is 477 g/mol. The minimum Gasteiger partial charge on any atom is -0.493 e. The second kappa shape index (κ2) is 10.9. The Hall–Kier alpha value is -3.23. The first-order valence-corrected chi connectivity index (χ1v) is 10.5. The lowest BCUT2D eigenvalue weighted by atomic mass is 10.2. The minimum atomic E-state index is -0.490. The van der Waals surface area contributed by atoms with Gasteiger partial charge in [0.05, 0.1) is 24.9 Å². The van der Waals surface area contributed by atoms with Gasteiger partial charge in [0.15, 0.2) is 23.1 Å². The smallest absolute Gasteiger partial charge is 0.269 e. The summed E-state index contributed by atoms with van der Waals surface area (Å²) in [5.41, 5.74) is 5.69. The van der Waals surface area contributed by atoms with E-state index >= 15 is 0 Å². The van der Waals surface area contributed by atoms with Crippen molar-refractivity contribution in [1.29, 1.82) is 0 Å². The molecule has 32 heavy (non-hydrogen) atoms. The van der Waals surface area contributed by atoms with Crippen LogP contribution in [-0.4, -0.2) is 30.5 Å². The van der Waals surface area contributed by atoms with Gasteiger partial charge in [-0.3, -0.25) is 20.4 Å². The number of carbonyl (C=O) groups is 2. The fourth-order valence-corrected chi connectivity index (χ4v) is 3.31. The Morgan fingerprint density at radius 2 is 1.91 bits per heavy atom. The molecule has 2 aromatic carbocycles. The maximum absolute atomic E-state index is 12.3. The van der Waals surface area contributed by atoms with Gasteiger partial charge in [-0.1, -0.05) is 23.2 Å². The Balaban J connectivity index is 1.51. The lowest BCUT2D eigenvalue weighted by molar-refractivity contribution is -0.121. The molecule has 1 heterocycles. The lowest BCUT2D eigenvalue weighted by Gasteiger charge is -2.11. The molecule has 0 fully saturated rings. The van der Waals surface area contributed by atoms with Crippen molar-refractivity contribution in [2.24, 2.45) is 0 Å².